The Hall–Kier alpha value is -4.19. The summed E-state index contributed by atoms with van der Waals surface area (Å²) in [5.41, 5.74) is 4.58. The Kier molecular flexibility index (Phi) is 6.12. The van der Waals surface area contributed by atoms with Gasteiger partial charge in [0.05, 0.1) is 17.0 Å². The number of para-hydroxylation sites is 1. The van der Waals surface area contributed by atoms with Gasteiger partial charge < -0.3 is 10.1 Å². The fourth-order valence-electron chi connectivity index (χ4n) is 3.32. The van der Waals surface area contributed by atoms with Crippen molar-refractivity contribution in [1.29, 1.82) is 0 Å². The fourth-order valence-corrected chi connectivity index (χ4v) is 3.32. The maximum Gasteiger partial charge on any atom is 0.280 e. The van der Waals surface area contributed by atoms with Crippen LogP contribution in [0.1, 0.15) is 18.1 Å². The summed E-state index contributed by atoms with van der Waals surface area (Å²) >= 11 is 0. The molecule has 0 bridgehead atoms. The van der Waals surface area contributed by atoms with Crippen molar-refractivity contribution in [2.45, 2.75) is 13.8 Å². The Morgan fingerprint density at radius 2 is 1.75 bits per heavy atom. The molecule has 160 valence electrons. The predicted molar refractivity (Wildman–Crippen MR) is 127 cm³/mol. The summed E-state index contributed by atoms with van der Waals surface area (Å²) in [6.07, 6.45) is 1.80. The summed E-state index contributed by atoms with van der Waals surface area (Å²) in [4.78, 5) is 24.9. The molecule has 1 aliphatic heterocycles. The summed E-state index contributed by atoms with van der Waals surface area (Å²) in [7, 11) is 0. The van der Waals surface area contributed by atoms with E-state index in [1.54, 1.807) is 18.2 Å². The fraction of sp³-hybridized carbons (Fsp3) is 0.115. The standard InChI is InChI=1S/C26H23N3O3/c1-18-7-6-8-21(15-18)27-25(30)17-32-23-13-11-20(12-14-23)16-24-19(2)28-29(26(24)31)22-9-4-3-5-10-22/h3-16H,17H2,1-2H3,(H,27,30)/b24-16-. The highest BCUT2D eigenvalue weighted by molar-refractivity contribution is 6.32. The van der Waals surface area contributed by atoms with Crippen molar-refractivity contribution < 1.29 is 14.3 Å². The number of anilines is 2. The number of nitrogens with zero attached hydrogens (tertiary/aromatic N) is 2. The molecule has 3 aromatic carbocycles. The molecule has 0 spiro atoms. The minimum atomic E-state index is -0.230. The average Bonchev–Trinajstić information content (AvgIpc) is 3.07. The maximum absolute atomic E-state index is 12.8. The zero-order valence-corrected chi connectivity index (χ0v) is 17.9. The molecule has 0 radical (unpaired) electrons. The third-order valence-corrected chi connectivity index (χ3v) is 4.93. The molecule has 4 rings (SSSR count). The van der Waals surface area contributed by atoms with Crippen LogP contribution in [0, 0.1) is 6.92 Å². The Balaban J connectivity index is 1.37. The van der Waals surface area contributed by atoms with Gasteiger partial charge in [0.2, 0.25) is 0 Å². The van der Waals surface area contributed by atoms with Gasteiger partial charge in [-0.3, -0.25) is 9.59 Å². The second kappa shape index (κ2) is 9.31. The number of benzene rings is 3. The first-order chi connectivity index (χ1) is 15.5. The van der Waals surface area contributed by atoms with Crippen LogP contribution in [0.2, 0.25) is 0 Å². The molecule has 0 saturated heterocycles. The van der Waals surface area contributed by atoms with Gasteiger partial charge in [0.1, 0.15) is 5.75 Å². The molecule has 0 atom stereocenters. The van der Waals surface area contributed by atoms with Crippen LogP contribution in [0.15, 0.2) is 89.5 Å². The van der Waals surface area contributed by atoms with E-state index in [-0.39, 0.29) is 18.4 Å². The van der Waals surface area contributed by atoms with E-state index in [0.717, 1.165) is 22.5 Å². The van der Waals surface area contributed by atoms with E-state index in [0.29, 0.717) is 17.0 Å². The number of carbonyl (C=O) groups is 2. The monoisotopic (exact) mass is 425 g/mol. The molecular weight excluding hydrogens is 402 g/mol. The van der Waals surface area contributed by atoms with Crippen molar-refractivity contribution in [2.24, 2.45) is 5.10 Å². The molecule has 0 aliphatic carbocycles. The second-order valence-corrected chi connectivity index (χ2v) is 7.47. The third-order valence-electron chi connectivity index (χ3n) is 4.93. The van der Waals surface area contributed by atoms with Crippen LogP contribution in [0.3, 0.4) is 0 Å². The van der Waals surface area contributed by atoms with Crippen LogP contribution < -0.4 is 15.1 Å². The Labute approximate surface area is 186 Å². The molecule has 32 heavy (non-hydrogen) atoms. The van der Waals surface area contributed by atoms with E-state index in [9.17, 15) is 9.59 Å². The molecule has 2 amide bonds. The highest BCUT2D eigenvalue weighted by atomic mass is 16.5. The van der Waals surface area contributed by atoms with Crippen molar-refractivity contribution in [3.05, 3.63) is 95.6 Å². The largest absolute Gasteiger partial charge is 0.484 e. The van der Waals surface area contributed by atoms with Crippen LogP contribution in [-0.4, -0.2) is 24.1 Å². The topological polar surface area (TPSA) is 71.0 Å². The first kappa shape index (κ1) is 21.1. The summed E-state index contributed by atoms with van der Waals surface area (Å²) < 4.78 is 5.58. The number of amides is 2. The van der Waals surface area contributed by atoms with Crippen LogP contribution in [0.5, 0.6) is 5.75 Å². The molecule has 6 heteroatoms. The molecule has 1 heterocycles. The molecule has 3 aromatic rings. The van der Waals surface area contributed by atoms with E-state index in [4.69, 9.17) is 4.74 Å². The Morgan fingerprint density at radius 1 is 1.00 bits per heavy atom. The highest BCUT2D eigenvalue weighted by Gasteiger charge is 2.28. The number of nitrogens with one attached hydrogen (secondary N) is 1. The van der Waals surface area contributed by atoms with Gasteiger partial charge in [-0.15, -0.1) is 0 Å². The number of aryl methyl sites for hydroxylation is 1. The number of ether oxygens (including phenoxy) is 1. The predicted octanol–water partition coefficient (Wildman–Crippen LogP) is 4.82. The second-order valence-electron chi connectivity index (χ2n) is 7.47. The van der Waals surface area contributed by atoms with Crippen LogP contribution in [-0.2, 0) is 9.59 Å². The lowest BCUT2D eigenvalue weighted by Crippen LogP contribution is -2.21. The van der Waals surface area contributed by atoms with Crippen LogP contribution in [0.4, 0.5) is 11.4 Å². The number of hydrogen-bond donors (Lipinski definition) is 1. The van der Waals surface area contributed by atoms with Crippen LogP contribution >= 0.6 is 0 Å². The quantitative estimate of drug-likeness (QED) is 0.576. The number of rotatable bonds is 6. The number of hydrogen-bond acceptors (Lipinski definition) is 4. The van der Waals surface area contributed by atoms with Gasteiger partial charge in [-0.05, 0) is 67.4 Å². The minimum absolute atomic E-state index is 0.0926. The lowest BCUT2D eigenvalue weighted by Gasteiger charge is -2.11. The van der Waals surface area contributed by atoms with Crippen molar-refractivity contribution in [2.75, 3.05) is 16.9 Å². The maximum atomic E-state index is 12.8. The molecule has 0 aromatic heterocycles. The summed E-state index contributed by atoms with van der Waals surface area (Å²) in [6, 6.07) is 24.1. The van der Waals surface area contributed by atoms with Gasteiger partial charge in [0, 0.05) is 5.69 Å². The number of hydrazone groups is 1. The lowest BCUT2D eigenvalue weighted by atomic mass is 10.1. The molecule has 1 aliphatic rings. The van der Waals surface area contributed by atoms with Gasteiger partial charge >= 0.3 is 0 Å². The van der Waals surface area contributed by atoms with Gasteiger partial charge in [0.15, 0.2) is 6.61 Å². The minimum Gasteiger partial charge on any atom is -0.484 e. The van der Waals surface area contributed by atoms with E-state index >= 15 is 0 Å². The molecular formula is C26H23N3O3. The molecule has 1 N–H and O–H groups in total. The van der Waals surface area contributed by atoms with E-state index in [1.165, 1.54) is 5.01 Å². The smallest absolute Gasteiger partial charge is 0.280 e. The van der Waals surface area contributed by atoms with E-state index in [2.05, 4.69) is 10.4 Å². The van der Waals surface area contributed by atoms with Crippen LogP contribution in [0.25, 0.3) is 6.08 Å². The van der Waals surface area contributed by atoms with Crippen molar-refractivity contribution in [3.63, 3.8) is 0 Å². The van der Waals surface area contributed by atoms with Gasteiger partial charge in [0.25, 0.3) is 11.8 Å². The van der Waals surface area contributed by atoms with Crippen molar-refractivity contribution in [1.82, 2.24) is 0 Å². The zero-order chi connectivity index (χ0) is 22.5. The Morgan fingerprint density at radius 3 is 2.47 bits per heavy atom. The first-order valence-corrected chi connectivity index (χ1v) is 10.3. The van der Waals surface area contributed by atoms with E-state index in [1.807, 2.05) is 80.6 Å². The SMILES string of the molecule is CC1=NN(c2ccccc2)C(=O)/C1=C\c1ccc(OCC(=O)Nc2cccc(C)c2)cc1. The van der Waals surface area contributed by atoms with Gasteiger partial charge in [-0.25, -0.2) is 0 Å². The van der Waals surface area contributed by atoms with Crippen molar-refractivity contribution in [3.8, 4) is 5.75 Å². The van der Waals surface area contributed by atoms with Gasteiger partial charge in [-0.1, -0.05) is 42.5 Å². The number of carbonyl (C=O) groups excluding carboxylic acids is 2. The molecule has 6 nitrogen and oxygen atoms in total. The normalized spacial score (nSPS) is 14.4. The summed E-state index contributed by atoms with van der Waals surface area (Å²) in [5, 5.41) is 8.61. The van der Waals surface area contributed by atoms with E-state index < -0.39 is 0 Å². The molecule has 0 fully saturated rings. The average molecular weight is 425 g/mol. The molecule has 0 unspecified atom stereocenters. The molecule has 0 saturated carbocycles. The summed E-state index contributed by atoms with van der Waals surface area (Å²) in [6.45, 7) is 3.69. The lowest BCUT2D eigenvalue weighted by molar-refractivity contribution is -0.118. The first-order valence-electron chi connectivity index (χ1n) is 10.3. The third kappa shape index (κ3) is 4.92. The zero-order valence-electron chi connectivity index (χ0n) is 17.9. The highest BCUT2D eigenvalue weighted by Crippen LogP contribution is 2.25. The Bertz CT molecular complexity index is 1200. The van der Waals surface area contributed by atoms with Crippen molar-refractivity contribution >= 4 is 35.0 Å². The summed E-state index contributed by atoms with van der Waals surface area (Å²) in [5.74, 6) is 0.175. The van der Waals surface area contributed by atoms with Gasteiger partial charge in [-0.2, -0.15) is 10.1 Å².